The van der Waals surface area contributed by atoms with Crippen molar-refractivity contribution in [2.24, 2.45) is 0 Å². The monoisotopic (exact) mass is 527 g/mol. The van der Waals surface area contributed by atoms with Crippen molar-refractivity contribution in [2.75, 3.05) is 35.5 Å². The first-order valence-electron chi connectivity index (χ1n) is 12.0. The van der Waals surface area contributed by atoms with Gasteiger partial charge in [-0.25, -0.2) is 19.0 Å². The van der Waals surface area contributed by atoms with Gasteiger partial charge in [-0.2, -0.15) is 5.10 Å². The van der Waals surface area contributed by atoms with Crippen LogP contribution < -0.4 is 9.62 Å². The lowest BCUT2D eigenvalue weighted by atomic mass is 9.98. The summed E-state index contributed by atoms with van der Waals surface area (Å²) >= 11 is 6.22. The Balaban J connectivity index is 0.00000148. The third-order valence-electron chi connectivity index (χ3n) is 6.60. The van der Waals surface area contributed by atoms with Crippen LogP contribution in [0.4, 0.5) is 11.5 Å². The van der Waals surface area contributed by atoms with E-state index in [2.05, 4.69) is 23.1 Å². The summed E-state index contributed by atoms with van der Waals surface area (Å²) in [6.07, 6.45) is 8.74. The Morgan fingerprint density at radius 2 is 1.89 bits per heavy atom. The van der Waals surface area contributed by atoms with E-state index < -0.39 is 11.0 Å². The quantitative estimate of drug-likeness (QED) is 0.523. The van der Waals surface area contributed by atoms with Crippen LogP contribution in [0.5, 0.6) is 0 Å². The first kappa shape index (κ1) is 25.9. The summed E-state index contributed by atoms with van der Waals surface area (Å²) in [7, 11) is -1.31. The van der Waals surface area contributed by atoms with Gasteiger partial charge in [0.05, 0.1) is 23.0 Å². The highest BCUT2D eigenvalue weighted by Gasteiger charge is 2.32. The number of rotatable bonds is 5. The molecular weight excluding hydrogens is 498 g/mol. The number of benzene rings is 1. The van der Waals surface area contributed by atoms with Crippen LogP contribution in [-0.4, -0.2) is 55.5 Å². The molecule has 3 aromatic rings. The molecule has 1 amide bonds. The Morgan fingerprint density at radius 3 is 2.61 bits per heavy atom. The van der Waals surface area contributed by atoms with E-state index >= 15 is 0 Å². The van der Waals surface area contributed by atoms with Crippen LogP contribution in [0.15, 0.2) is 30.5 Å². The summed E-state index contributed by atoms with van der Waals surface area (Å²) in [5, 5.41) is 11.8. The van der Waals surface area contributed by atoms with Gasteiger partial charge in [0.2, 0.25) is 0 Å². The highest BCUT2D eigenvalue weighted by Crippen LogP contribution is 2.34. The van der Waals surface area contributed by atoms with Gasteiger partial charge in [-0.1, -0.05) is 11.6 Å². The second-order valence-electron chi connectivity index (χ2n) is 9.07. The lowest BCUT2D eigenvalue weighted by molar-refractivity contribution is 0.0607. The van der Waals surface area contributed by atoms with Crippen molar-refractivity contribution in [3.63, 3.8) is 0 Å². The molecule has 0 spiro atoms. The zero-order chi connectivity index (χ0) is 25.8. The number of anilines is 2. The number of hydrogen-bond donors (Lipinski definition) is 1. The van der Waals surface area contributed by atoms with E-state index in [1.165, 1.54) is 19.1 Å². The molecule has 2 aromatic heterocycles. The zero-order valence-electron chi connectivity index (χ0n) is 20.5. The Morgan fingerprint density at radius 1 is 1.17 bits per heavy atom. The molecule has 36 heavy (non-hydrogen) atoms. The van der Waals surface area contributed by atoms with Gasteiger partial charge in [0.1, 0.15) is 16.8 Å². The number of nitrogens with zero attached hydrogens (tertiary/aromatic N) is 6. The van der Waals surface area contributed by atoms with Crippen molar-refractivity contribution in [2.45, 2.75) is 45.1 Å². The number of nitriles is 1. The second kappa shape index (κ2) is 11.3. The number of likely N-dealkylation sites (tertiary alicyclic amines) is 1. The van der Waals surface area contributed by atoms with Crippen molar-refractivity contribution < 1.29 is 9.00 Å². The average Bonchev–Trinajstić information content (AvgIpc) is 3.55. The van der Waals surface area contributed by atoms with E-state index in [-0.39, 0.29) is 11.9 Å². The summed E-state index contributed by atoms with van der Waals surface area (Å²) in [5.41, 5.74) is 3.68. The summed E-state index contributed by atoms with van der Waals surface area (Å²) in [5.74, 6) is 0.884. The normalized spacial score (nSPS) is 18.5. The van der Waals surface area contributed by atoms with Gasteiger partial charge in [0.25, 0.3) is 5.91 Å². The van der Waals surface area contributed by atoms with Gasteiger partial charge < -0.3 is 14.5 Å². The highest BCUT2D eigenvalue weighted by molar-refractivity contribution is 7.85. The largest absolute Gasteiger partial charge is 0.356 e. The maximum atomic E-state index is 13.7. The van der Waals surface area contributed by atoms with Gasteiger partial charge in [-0.05, 0) is 57.2 Å². The number of aryl methyl sites for hydroxylation is 1. The Kier molecular flexibility index (Phi) is 8.11. The van der Waals surface area contributed by atoms with Crippen LogP contribution in [0, 0.1) is 18.8 Å². The SMILES string of the molecule is C#N.Cc1cn2nc(C3CCCCN3C(=O)c3cc(Cl)ccc3NS(C)=O)cc2nc1N1CCCC1. The van der Waals surface area contributed by atoms with E-state index in [1.54, 1.807) is 18.2 Å². The van der Waals surface area contributed by atoms with Crippen molar-refractivity contribution >= 4 is 45.6 Å². The Labute approximate surface area is 218 Å². The van der Waals surface area contributed by atoms with E-state index in [0.29, 0.717) is 22.8 Å². The van der Waals surface area contributed by atoms with Gasteiger partial charge in [-0.15, -0.1) is 0 Å². The summed E-state index contributed by atoms with van der Waals surface area (Å²) in [6, 6.07) is 6.88. The molecule has 2 fully saturated rings. The van der Waals surface area contributed by atoms with Crippen LogP contribution in [-0.2, 0) is 11.0 Å². The molecule has 2 unspecified atom stereocenters. The summed E-state index contributed by atoms with van der Waals surface area (Å²) in [4.78, 5) is 22.8. The number of hydrogen-bond acceptors (Lipinski definition) is 6. The molecule has 190 valence electrons. The molecule has 2 atom stereocenters. The minimum absolute atomic E-state index is 0.140. The number of carbonyl (C=O) groups is 1. The van der Waals surface area contributed by atoms with Crippen molar-refractivity contribution in [3.05, 3.63) is 52.3 Å². The average molecular weight is 528 g/mol. The van der Waals surface area contributed by atoms with Crippen LogP contribution >= 0.6 is 11.6 Å². The van der Waals surface area contributed by atoms with Crippen molar-refractivity contribution in [1.82, 2.24) is 19.5 Å². The maximum absolute atomic E-state index is 13.7. The highest BCUT2D eigenvalue weighted by atomic mass is 35.5. The molecule has 11 heteroatoms. The lowest BCUT2D eigenvalue weighted by Gasteiger charge is -2.35. The minimum atomic E-state index is -1.31. The van der Waals surface area contributed by atoms with Crippen LogP contribution in [0.2, 0.25) is 5.02 Å². The van der Waals surface area contributed by atoms with Crippen LogP contribution in [0.3, 0.4) is 0 Å². The van der Waals surface area contributed by atoms with Gasteiger partial charge in [0.15, 0.2) is 5.65 Å². The molecule has 0 radical (unpaired) electrons. The number of fused-ring (bicyclic) bond motifs is 1. The molecule has 0 saturated carbocycles. The molecule has 1 aromatic carbocycles. The Bertz CT molecular complexity index is 1300. The smallest absolute Gasteiger partial charge is 0.256 e. The molecule has 4 heterocycles. The third-order valence-corrected chi connectivity index (χ3v) is 7.34. The molecule has 9 nitrogen and oxygen atoms in total. The predicted molar refractivity (Wildman–Crippen MR) is 143 cm³/mol. The Hall–Kier alpha value is -3.16. The molecule has 2 saturated heterocycles. The summed E-state index contributed by atoms with van der Waals surface area (Å²) in [6.45, 7) is 8.27. The standard InChI is InChI=1S/C24H29ClN6O2S.CHN/c1-16-15-31-22(26-23(16)29-10-5-6-11-29)14-20(27-31)21-7-3-4-12-30(21)24(32)18-13-17(25)8-9-19(18)28-34(2)33;1-2/h8-9,13-15,21,28H,3-7,10-12H2,1-2H3;1H. The number of aromatic nitrogens is 3. The summed E-state index contributed by atoms with van der Waals surface area (Å²) < 4.78 is 16.5. The minimum Gasteiger partial charge on any atom is -0.356 e. The third kappa shape index (κ3) is 5.32. The molecule has 2 aliphatic rings. The number of halogens is 1. The molecule has 1 N–H and O–H groups in total. The topological polar surface area (TPSA) is 107 Å². The number of amides is 1. The van der Waals surface area contributed by atoms with Crippen molar-refractivity contribution in [1.29, 1.82) is 5.26 Å². The molecule has 2 aliphatic heterocycles. The van der Waals surface area contributed by atoms with Gasteiger partial charge in [-0.3, -0.25) is 4.79 Å². The van der Waals surface area contributed by atoms with Gasteiger partial charge >= 0.3 is 0 Å². The molecule has 0 bridgehead atoms. The van der Waals surface area contributed by atoms with E-state index in [4.69, 9.17) is 26.9 Å². The fourth-order valence-electron chi connectivity index (χ4n) is 5.01. The number of piperidine rings is 1. The molecule has 0 aliphatic carbocycles. The number of carbonyl (C=O) groups excluding carboxylic acids is 1. The van der Waals surface area contributed by atoms with Gasteiger partial charge in [0, 0.05) is 55.3 Å². The van der Waals surface area contributed by atoms with Crippen LogP contribution in [0.1, 0.15) is 59.8 Å². The first-order valence-corrected chi connectivity index (χ1v) is 13.9. The van der Waals surface area contributed by atoms with E-state index in [1.807, 2.05) is 21.7 Å². The first-order chi connectivity index (χ1) is 17.4. The maximum Gasteiger partial charge on any atom is 0.256 e. The van der Waals surface area contributed by atoms with E-state index in [9.17, 15) is 9.00 Å². The predicted octanol–water partition coefficient (Wildman–Crippen LogP) is 4.50. The number of nitrogens with one attached hydrogen (secondary N) is 1. The fourth-order valence-corrected chi connectivity index (χ4v) is 5.67. The van der Waals surface area contributed by atoms with Crippen LogP contribution in [0.25, 0.3) is 5.65 Å². The fraction of sp³-hybridized carbons (Fsp3) is 0.440. The lowest BCUT2D eigenvalue weighted by Crippen LogP contribution is -2.39. The van der Waals surface area contributed by atoms with Crippen molar-refractivity contribution in [3.8, 4) is 6.57 Å². The zero-order valence-corrected chi connectivity index (χ0v) is 22.1. The second-order valence-corrected chi connectivity index (χ2v) is 10.6. The van der Waals surface area contributed by atoms with E-state index in [0.717, 1.165) is 55.1 Å². The molecular formula is C25H30ClN7O2S. The molecule has 5 rings (SSSR count).